The van der Waals surface area contributed by atoms with Gasteiger partial charge in [0.15, 0.2) is 0 Å². The van der Waals surface area contributed by atoms with Crippen LogP contribution in [-0.2, 0) is 37.0 Å². The van der Waals surface area contributed by atoms with Crippen molar-refractivity contribution in [3.8, 4) is 0 Å². The van der Waals surface area contributed by atoms with Crippen LogP contribution in [0.15, 0.2) is 149 Å². The summed E-state index contributed by atoms with van der Waals surface area (Å²) in [6.45, 7) is 34.6. The Bertz CT molecular complexity index is 2210. The van der Waals surface area contributed by atoms with E-state index in [-0.39, 0.29) is 99.8 Å². The molecule has 0 aliphatic heterocycles. The largest absolute Gasteiger partial charge is 3.00 e. The van der Waals surface area contributed by atoms with Crippen molar-refractivity contribution in [2.75, 3.05) is 0 Å². The Balaban J connectivity index is 0.00000214. The molecule has 0 heterocycles. The molecule has 303 valence electrons. The fraction of sp³-hybridized carbons (Fsp3) is 0.436. The molecule has 0 N–H and O–H groups in total. The molecule has 6 aliphatic carbocycles. The smallest absolute Gasteiger partial charge is 1.00 e. The number of hydrogen-bond acceptors (Lipinski definition) is 0. The van der Waals surface area contributed by atoms with E-state index in [0.29, 0.717) is 0 Å². The van der Waals surface area contributed by atoms with E-state index in [9.17, 15) is 0 Å². The van der Waals surface area contributed by atoms with E-state index in [4.69, 9.17) is 0 Å². The van der Waals surface area contributed by atoms with E-state index in [2.05, 4.69) is 225 Å². The molecule has 2 fully saturated rings. The van der Waals surface area contributed by atoms with Gasteiger partial charge in [0.25, 0.3) is 0 Å². The molecule has 7 atom stereocenters. The first kappa shape index (κ1) is 46.5. The molecule has 58 heavy (non-hydrogen) atoms. The SMILES string of the molecule is CC1=C(C2=CC=CC2)C(=C(c2ccc(C(C)(C)C)cc2)c2ccc(C(C)(C)C)cc2)C=C2[CH-]C3(C)C4(C)C=CC=CC4(C)C4(C)C=CC=CC4(C)C3(C)C21C.[Cl-].[Cl-].[Zr+3]. The van der Waals surface area contributed by atoms with Gasteiger partial charge >= 0.3 is 26.2 Å². The molecule has 0 aromatic heterocycles. The molecule has 8 rings (SSSR count). The van der Waals surface area contributed by atoms with Gasteiger partial charge in [-0.1, -0.05) is 222 Å². The molecular weight excluding hydrogens is 823 g/mol. The van der Waals surface area contributed by atoms with Gasteiger partial charge in [0.2, 0.25) is 0 Å². The Hall–Kier alpha value is -2.57. The first-order valence-electron chi connectivity index (χ1n) is 20.9. The van der Waals surface area contributed by atoms with Crippen LogP contribution in [0.2, 0.25) is 0 Å². The Labute approximate surface area is 383 Å². The molecule has 0 amide bonds. The van der Waals surface area contributed by atoms with Gasteiger partial charge in [-0.2, -0.15) is 6.08 Å². The number of allylic oxidation sites excluding steroid dienone is 17. The van der Waals surface area contributed by atoms with Gasteiger partial charge in [-0.05, 0) is 79.4 Å². The van der Waals surface area contributed by atoms with E-state index >= 15 is 0 Å². The van der Waals surface area contributed by atoms with E-state index < -0.39 is 0 Å². The van der Waals surface area contributed by atoms with Crippen LogP contribution in [0, 0.1) is 44.3 Å². The van der Waals surface area contributed by atoms with Crippen LogP contribution in [-0.4, -0.2) is 0 Å². The summed E-state index contributed by atoms with van der Waals surface area (Å²) >= 11 is 0. The van der Waals surface area contributed by atoms with Crippen molar-refractivity contribution in [1.82, 2.24) is 0 Å². The molecule has 0 bridgehead atoms. The molecule has 2 aromatic carbocycles. The fourth-order valence-corrected chi connectivity index (χ4v) is 13.1. The van der Waals surface area contributed by atoms with Crippen LogP contribution in [0.1, 0.15) is 126 Å². The minimum Gasteiger partial charge on any atom is -1.00 e. The van der Waals surface area contributed by atoms with Crippen LogP contribution >= 0.6 is 0 Å². The van der Waals surface area contributed by atoms with E-state index in [1.165, 1.54) is 55.7 Å². The zero-order valence-electron chi connectivity index (χ0n) is 37.6. The van der Waals surface area contributed by atoms with E-state index in [0.717, 1.165) is 6.42 Å². The summed E-state index contributed by atoms with van der Waals surface area (Å²) in [5.41, 5.74) is 12.7. The van der Waals surface area contributed by atoms with Crippen molar-refractivity contribution in [1.29, 1.82) is 0 Å². The minimum atomic E-state index is -0.244. The fourth-order valence-electron chi connectivity index (χ4n) is 13.1. The van der Waals surface area contributed by atoms with Gasteiger partial charge in [-0.15, -0.1) is 0 Å². The van der Waals surface area contributed by atoms with Gasteiger partial charge in [-0.25, -0.2) is 12.0 Å². The van der Waals surface area contributed by atoms with Crippen LogP contribution in [0.25, 0.3) is 5.57 Å². The maximum absolute atomic E-state index is 2.77. The van der Waals surface area contributed by atoms with Gasteiger partial charge in [0.1, 0.15) is 0 Å². The second kappa shape index (κ2) is 14.5. The molecule has 2 saturated carbocycles. The summed E-state index contributed by atoms with van der Waals surface area (Å²) in [6, 6.07) is 19.0. The van der Waals surface area contributed by atoms with Crippen LogP contribution in [0.3, 0.4) is 0 Å². The third-order valence-corrected chi connectivity index (χ3v) is 17.5. The summed E-state index contributed by atoms with van der Waals surface area (Å²) in [7, 11) is 0. The zero-order chi connectivity index (χ0) is 39.8. The van der Waals surface area contributed by atoms with Crippen LogP contribution in [0.5, 0.6) is 0 Å². The molecule has 6 aliphatic rings. The molecular formula is C55H65Cl2Zr. The maximum Gasteiger partial charge on any atom is 3.00 e. The molecule has 7 unspecified atom stereocenters. The molecule has 0 nitrogen and oxygen atoms in total. The maximum atomic E-state index is 2.77. The van der Waals surface area contributed by atoms with Gasteiger partial charge in [0.05, 0.1) is 0 Å². The summed E-state index contributed by atoms with van der Waals surface area (Å²) in [4.78, 5) is 0. The summed E-state index contributed by atoms with van der Waals surface area (Å²) in [5, 5.41) is 0. The zero-order valence-corrected chi connectivity index (χ0v) is 41.6. The predicted octanol–water partition coefficient (Wildman–Crippen LogP) is 8.76. The van der Waals surface area contributed by atoms with Crippen molar-refractivity contribution >= 4 is 5.57 Å². The molecule has 1 radical (unpaired) electrons. The number of rotatable bonds is 3. The second-order valence-electron chi connectivity index (χ2n) is 21.2. The van der Waals surface area contributed by atoms with Crippen molar-refractivity contribution in [3.05, 3.63) is 178 Å². The Morgan fingerprint density at radius 2 is 1.02 bits per heavy atom. The first-order chi connectivity index (χ1) is 25.6. The van der Waals surface area contributed by atoms with Crippen molar-refractivity contribution in [2.45, 2.75) is 114 Å². The second-order valence-corrected chi connectivity index (χ2v) is 21.2. The van der Waals surface area contributed by atoms with Gasteiger partial charge in [-0.3, -0.25) is 0 Å². The summed E-state index contributed by atoms with van der Waals surface area (Å²) in [5.74, 6) is 0. The third kappa shape index (κ3) is 5.57. The summed E-state index contributed by atoms with van der Waals surface area (Å²) < 4.78 is 0. The van der Waals surface area contributed by atoms with Crippen LogP contribution < -0.4 is 24.8 Å². The number of halogens is 2. The predicted molar refractivity (Wildman–Crippen MR) is 237 cm³/mol. The van der Waals surface area contributed by atoms with Crippen molar-refractivity contribution in [3.63, 3.8) is 0 Å². The third-order valence-electron chi connectivity index (χ3n) is 17.5. The molecule has 0 spiro atoms. The minimum absolute atomic E-state index is 0. The molecule has 3 heteroatoms. The van der Waals surface area contributed by atoms with Gasteiger partial charge < -0.3 is 24.8 Å². The quantitative estimate of drug-likeness (QED) is 0.271. The standard InChI is InChI=1S/C55H65.2ClH.Zr/c1-37-45(38-21-15-16-22-38)44(46(39-23-27-41(28-24-39)47(2,3)4)40-25-29-42(30-26-40)48(5,6)7)35-43-36-53(12)51(10)33-18-17-31-49(51,8)50(9)32-19-20-34-52(50,11)55(53,14)54(37,43)13;;;/h15-21,23-36H,22H2,1-14H3;2*1H;/q-1;;;+3/p-2. The Kier molecular flexibility index (Phi) is 11.6. The molecule has 2 aromatic rings. The molecule has 0 saturated heterocycles. The van der Waals surface area contributed by atoms with E-state index in [1.807, 2.05) is 0 Å². The number of hydrogen-bond donors (Lipinski definition) is 0. The van der Waals surface area contributed by atoms with Crippen molar-refractivity contribution in [2.24, 2.45) is 37.9 Å². The monoisotopic (exact) mass is 885 g/mol. The van der Waals surface area contributed by atoms with E-state index in [1.54, 1.807) is 0 Å². The average molecular weight is 888 g/mol. The van der Waals surface area contributed by atoms with Crippen LogP contribution in [0.4, 0.5) is 0 Å². The van der Waals surface area contributed by atoms with Gasteiger partial charge in [0, 0.05) is 16.2 Å². The topological polar surface area (TPSA) is 0 Å². The first-order valence-corrected chi connectivity index (χ1v) is 20.9. The number of benzene rings is 2. The Morgan fingerprint density at radius 1 is 0.586 bits per heavy atom. The Morgan fingerprint density at radius 3 is 1.45 bits per heavy atom. The normalized spacial score (nSPS) is 35.3. The van der Waals surface area contributed by atoms with Crippen molar-refractivity contribution < 1.29 is 51.0 Å². The number of fused-ring (bicyclic) bond motifs is 8. The summed E-state index contributed by atoms with van der Waals surface area (Å²) in [6.07, 6.45) is 33.1. The average Bonchev–Trinajstić information content (AvgIpc) is 3.72.